The van der Waals surface area contributed by atoms with Gasteiger partial charge in [-0.25, -0.2) is 14.8 Å². The Balaban J connectivity index is 2.21. The van der Waals surface area contributed by atoms with E-state index in [0.29, 0.717) is 18.3 Å². The number of rotatable bonds is 6. The molecule has 104 valence electrons. The maximum Gasteiger partial charge on any atom is 0.356 e. The molecule has 0 bridgehead atoms. The van der Waals surface area contributed by atoms with Crippen molar-refractivity contribution in [1.82, 2.24) is 9.97 Å². The van der Waals surface area contributed by atoms with Crippen LogP contribution >= 0.6 is 0 Å². The van der Waals surface area contributed by atoms with E-state index in [1.807, 2.05) is 0 Å². The first kappa shape index (κ1) is 13.6. The Morgan fingerprint density at radius 1 is 1.47 bits per heavy atom. The summed E-state index contributed by atoms with van der Waals surface area (Å²) in [6.07, 6.45) is 5.47. The average Bonchev–Trinajstić information content (AvgIpc) is 2.92. The fourth-order valence-electron chi connectivity index (χ4n) is 2.02. The highest BCUT2D eigenvalue weighted by Gasteiger charge is 2.21. The topological polar surface area (TPSA) is 75.5 Å². The van der Waals surface area contributed by atoms with Gasteiger partial charge in [0.15, 0.2) is 11.5 Å². The molecular formula is C13H19N3O3. The molecule has 0 aromatic carbocycles. The molecule has 0 unspecified atom stereocenters. The second-order valence-electron chi connectivity index (χ2n) is 4.59. The van der Waals surface area contributed by atoms with Crippen LogP contribution in [0.25, 0.3) is 0 Å². The lowest BCUT2D eigenvalue weighted by Crippen LogP contribution is -2.21. The maximum atomic E-state index is 10.9. The molecule has 0 atom stereocenters. The molecule has 1 saturated heterocycles. The molecule has 0 aliphatic carbocycles. The van der Waals surface area contributed by atoms with E-state index in [0.717, 1.165) is 38.8 Å². The molecule has 1 aromatic heterocycles. The van der Waals surface area contributed by atoms with Crippen LogP contribution in [0, 0.1) is 0 Å². The van der Waals surface area contributed by atoms with Gasteiger partial charge in [0.25, 0.3) is 5.88 Å². The van der Waals surface area contributed by atoms with Crippen LogP contribution in [0.2, 0.25) is 0 Å². The van der Waals surface area contributed by atoms with Gasteiger partial charge in [0, 0.05) is 13.1 Å². The van der Waals surface area contributed by atoms with Crippen molar-refractivity contribution in [3.05, 3.63) is 11.9 Å². The van der Waals surface area contributed by atoms with Crippen LogP contribution in [0.4, 0.5) is 5.82 Å². The maximum absolute atomic E-state index is 10.9. The first-order valence-electron chi connectivity index (χ1n) is 6.70. The molecular weight excluding hydrogens is 246 g/mol. The molecule has 1 aliphatic heterocycles. The third-order valence-electron chi connectivity index (χ3n) is 3.08. The van der Waals surface area contributed by atoms with Gasteiger partial charge in [-0.2, -0.15) is 0 Å². The van der Waals surface area contributed by atoms with Crippen LogP contribution in [-0.4, -0.2) is 40.7 Å². The van der Waals surface area contributed by atoms with Crippen LogP contribution in [0.3, 0.4) is 0 Å². The van der Waals surface area contributed by atoms with Gasteiger partial charge < -0.3 is 14.7 Å². The lowest BCUT2D eigenvalue weighted by Gasteiger charge is -2.19. The van der Waals surface area contributed by atoms with Crippen molar-refractivity contribution in [2.45, 2.75) is 32.6 Å². The Hall–Kier alpha value is -1.85. The van der Waals surface area contributed by atoms with E-state index in [1.54, 1.807) is 0 Å². The minimum Gasteiger partial charge on any atom is -0.476 e. The smallest absolute Gasteiger partial charge is 0.356 e. The van der Waals surface area contributed by atoms with Crippen molar-refractivity contribution in [2.75, 3.05) is 24.6 Å². The molecule has 1 N–H and O–H groups in total. The summed E-state index contributed by atoms with van der Waals surface area (Å²) in [7, 11) is 0. The van der Waals surface area contributed by atoms with E-state index in [-0.39, 0.29) is 5.69 Å². The van der Waals surface area contributed by atoms with Crippen molar-refractivity contribution < 1.29 is 14.6 Å². The monoisotopic (exact) mass is 265 g/mol. The van der Waals surface area contributed by atoms with Crippen molar-refractivity contribution in [1.29, 1.82) is 0 Å². The average molecular weight is 265 g/mol. The number of anilines is 1. The molecule has 2 rings (SSSR count). The normalized spacial score (nSPS) is 14.7. The fourth-order valence-corrected chi connectivity index (χ4v) is 2.02. The molecule has 19 heavy (non-hydrogen) atoms. The highest BCUT2D eigenvalue weighted by molar-refractivity contribution is 5.85. The van der Waals surface area contributed by atoms with Gasteiger partial charge in [0.2, 0.25) is 0 Å². The number of aromatic nitrogens is 2. The molecule has 2 heterocycles. The molecule has 6 nitrogen and oxygen atoms in total. The highest BCUT2D eigenvalue weighted by Crippen LogP contribution is 2.27. The van der Waals surface area contributed by atoms with Crippen LogP contribution < -0.4 is 9.64 Å². The predicted octanol–water partition coefficient (Wildman–Crippen LogP) is 1.95. The summed E-state index contributed by atoms with van der Waals surface area (Å²) < 4.78 is 5.60. The summed E-state index contributed by atoms with van der Waals surface area (Å²) in [5.74, 6) is -0.0744. The molecule has 6 heteroatoms. The minimum absolute atomic E-state index is 0.0746. The summed E-state index contributed by atoms with van der Waals surface area (Å²) >= 11 is 0. The standard InChI is InChI=1S/C13H19N3O3/c1-2-3-8-19-12-11(16-6-4-5-7-16)14-9-10(15-12)13(17)18/h9H,2-8H2,1H3,(H,17,18). The zero-order chi connectivity index (χ0) is 13.7. The third-order valence-corrected chi connectivity index (χ3v) is 3.08. The quantitative estimate of drug-likeness (QED) is 0.792. The van der Waals surface area contributed by atoms with E-state index in [9.17, 15) is 4.79 Å². The second-order valence-corrected chi connectivity index (χ2v) is 4.59. The number of hydrogen-bond acceptors (Lipinski definition) is 5. The molecule has 1 fully saturated rings. The van der Waals surface area contributed by atoms with Crippen molar-refractivity contribution >= 4 is 11.8 Å². The summed E-state index contributed by atoms with van der Waals surface area (Å²) in [5, 5.41) is 8.97. The Kier molecular flexibility index (Phi) is 4.54. The number of nitrogens with zero attached hydrogens (tertiary/aromatic N) is 3. The van der Waals surface area contributed by atoms with Crippen LogP contribution in [0.1, 0.15) is 43.1 Å². The number of aromatic carboxylic acids is 1. The lowest BCUT2D eigenvalue weighted by atomic mass is 10.4. The van der Waals surface area contributed by atoms with Crippen LogP contribution in [0.15, 0.2) is 6.20 Å². The van der Waals surface area contributed by atoms with E-state index in [1.165, 1.54) is 6.20 Å². The lowest BCUT2D eigenvalue weighted by molar-refractivity contribution is 0.0688. The predicted molar refractivity (Wildman–Crippen MR) is 70.8 cm³/mol. The molecule has 0 amide bonds. The molecule has 1 aromatic rings. The van der Waals surface area contributed by atoms with Gasteiger partial charge >= 0.3 is 5.97 Å². The number of unbranched alkanes of at least 4 members (excludes halogenated alkanes) is 1. The first-order valence-corrected chi connectivity index (χ1v) is 6.70. The first-order chi connectivity index (χ1) is 9.22. The zero-order valence-electron chi connectivity index (χ0n) is 11.1. The van der Waals surface area contributed by atoms with E-state index in [4.69, 9.17) is 9.84 Å². The van der Waals surface area contributed by atoms with Gasteiger partial charge in [-0.3, -0.25) is 0 Å². The number of carboxylic acids is 1. The van der Waals surface area contributed by atoms with Gasteiger partial charge in [-0.1, -0.05) is 13.3 Å². The molecule has 0 saturated carbocycles. The number of carbonyl (C=O) groups is 1. The van der Waals surface area contributed by atoms with Crippen LogP contribution in [0.5, 0.6) is 5.88 Å². The SMILES string of the molecule is CCCCOc1nc(C(=O)O)cnc1N1CCCC1. The summed E-state index contributed by atoms with van der Waals surface area (Å²) in [6, 6.07) is 0. The van der Waals surface area contributed by atoms with Crippen LogP contribution in [-0.2, 0) is 0 Å². The molecule has 0 radical (unpaired) electrons. The summed E-state index contributed by atoms with van der Waals surface area (Å²) in [4.78, 5) is 21.3. The van der Waals surface area contributed by atoms with E-state index in [2.05, 4.69) is 21.8 Å². The highest BCUT2D eigenvalue weighted by atomic mass is 16.5. The number of carboxylic acid groups (broad SMARTS) is 1. The van der Waals surface area contributed by atoms with E-state index < -0.39 is 5.97 Å². The summed E-state index contributed by atoms with van der Waals surface area (Å²) in [6.45, 7) is 4.45. The van der Waals surface area contributed by atoms with Crippen molar-refractivity contribution in [3.8, 4) is 5.88 Å². The largest absolute Gasteiger partial charge is 0.476 e. The molecule has 0 spiro atoms. The second kappa shape index (κ2) is 6.36. The van der Waals surface area contributed by atoms with Crippen molar-refractivity contribution in [2.24, 2.45) is 0 Å². The minimum atomic E-state index is -1.08. The van der Waals surface area contributed by atoms with Gasteiger partial charge in [-0.05, 0) is 19.3 Å². The Morgan fingerprint density at radius 3 is 2.84 bits per heavy atom. The fraction of sp³-hybridized carbons (Fsp3) is 0.615. The third kappa shape index (κ3) is 3.33. The van der Waals surface area contributed by atoms with Gasteiger partial charge in [0.1, 0.15) is 0 Å². The van der Waals surface area contributed by atoms with E-state index >= 15 is 0 Å². The number of ether oxygens (including phenoxy) is 1. The Bertz CT molecular complexity index is 445. The molecule has 1 aliphatic rings. The Labute approximate surface area is 112 Å². The zero-order valence-corrected chi connectivity index (χ0v) is 11.1. The number of hydrogen-bond donors (Lipinski definition) is 1. The van der Waals surface area contributed by atoms with Gasteiger partial charge in [-0.15, -0.1) is 0 Å². The Morgan fingerprint density at radius 2 is 2.21 bits per heavy atom. The van der Waals surface area contributed by atoms with Gasteiger partial charge in [0.05, 0.1) is 12.8 Å². The van der Waals surface area contributed by atoms with Crippen molar-refractivity contribution in [3.63, 3.8) is 0 Å². The summed E-state index contributed by atoms with van der Waals surface area (Å²) in [5.41, 5.74) is -0.0746.